The fraction of sp³-hybridized carbons (Fsp3) is 0.917. The maximum absolute atomic E-state index is 11.5. The number of nitrogens with one attached hydrogen (secondary N) is 2. The van der Waals surface area contributed by atoms with E-state index in [-0.39, 0.29) is 12.5 Å². The molecule has 1 rings (SSSR count). The first-order valence-electron chi connectivity index (χ1n) is 6.44. The van der Waals surface area contributed by atoms with Gasteiger partial charge in [0.2, 0.25) is 5.91 Å². The van der Waals surface area contributed by atoms with Crippen molar-refractivity contribution < 1.29 is 9.90 Å². The van der Waals surface area contributed by atoms with Gasteiger partial charge in [-0.25, -0.2) is 0 Å². The standard InChI is InChI=1S/C12H24N2O2/c15-9-5-4-8-13-10-12(16)14-11-6-2-1-3-7-11/h11,13,15H,1-10H2,(H,14,16). The van der Waals surface area contributed by atoms with Gasteiger partial charge in [0.25, 0.3) is 0 Å². The van der Waals surface area contributed by atoms with Gasteiger partial charge in [-0.1, -0.05) is 19.3 Å². The summed E-state index contributed by atoms with van der Waals surface area (Å²) >= 11 is 0. The second kappa shape index (κ2) is 8.53. The summed E-state index contributed by atoms with van der Waals surface area (Å²) in [5.41, 5.74) is 0. The Balaban J connectivity index is 1.97. The summed E-state index contributed by atoms with van der Waals surface area (Å²) < 4.78 is 0. The van der Waals surface area contributed by atoms with Gasteiger partial charge < -0.3 is 15.7 Å². The lowest BCUT2D eigenvalue weighted by Crippen LogP contribution is -2.41. The van der Waals surface area contributed by atoms with Crippen LogP contribution in [0.3, 0.4) is 0 Å². The van der Waals surface area contributed by atoms with E-state index in [0.29, 0.717) is 12.6 Å². The van der Waals surface area contributed by atoms with E-state index in [2.05, 4.69) is 10.6 Å². The molecule has 0 bridgehead atoms. The van der Waals surface area contributed by atoms with Crippen LogP contribution in [0, 0.1) is 0 Å². The van der Waals surface area contributed by atoms with Gasteiger partial charge in [0, 0.05) is 12.6 Å². The summed E-state index contributed by atoms with van der Waals surface area (Å²) in [5.74, 6) is 0.107. The Bertz CT molecular complexity index is 191. The molecular weight excluding hydrogens is 204 g/mol. The van der Waals surface area contributed by atoms with Crippen molar-refractivity contribution in [1.82, 2.24) is 10.6 Å². The Morgan fingerprint density at radius 2 is 1.94 bits per heavy atom. The van der Waals surface area contributed by atoms with Crippen molar-refractivity contribution in [3.05, 3.63) is 0 Å². The van der Waals surface area contributed by atoms with Gasteiger partial charge in [-0.05, 0) is 32.2 Å². The lowest BCUT2D eigenvalue weighted by Gasteiger charge is -2.22. The molecule has 4 heteroatoms. The first-order valence-corrected chi connectivity index (χ1v) is 6.44. The van der Waals surface area contributed by atoms with Crippen molar-refractivity contribution >= 4 is 5.91 Å². The number of aliphatic hydroxyl groups excluding tert-OH is 1. The third-order valence-electron chi connectivity index (χ3n) is 3.02. The van der Waals surface area contributed by atoms with Crippen molar-refractivity contribution in [3.8, 4) is 0 Å². The van der Waals surface area contributed by atoms with Crippen LogP contribution in [0.2, 0.25) is 0 Å². The molecule has 0 atom stereocenters. The molecule has 0 aromatic heterocycles. The van der Waals surface area contributed by atoms with Gasteiger partial charge in [-0.2, -0.15) is 0 Å². The molecule has 1 aliphatic rings. The first kappa shape index (κ1) is 13.5. The lowest BCUT2D eigenvalue weighted by atomic mass is 9.95. The summed E-state index contributed by atoms with van der Waals surface area (Å²) in [6.07, 6.45) is 7.80. The molecule has 3 N–H and O–H groups in total. The maximum Gasteiger partial charge on any atom is 0.234 e. The van der Waals surface area contributed by atoms with E-state index in [1.54, 1.807) is 0 Å². The maximum atomic E-state index is 11.5. The molecule has 0 aliphatic heterocycles. The highest BCUT2D eigenvalue weighted by Gasteiger charge is 2.14. The number of aliphatic hydroxyl groups is 1. The van der Waals surface area contributed by atoms with Crippen LogP contribution in [0.5, 0.6) is 0 Å². The highest BCUT2D eigenvalue weighted by molar-refractivity contribution is 5.78. The molecule has 0 unspecified atom stereocenters. The van der Waals surface area contributed by atoms with Crippen LogP contribution in [-0.2, 0) is 4.79 Å². The van der Waals surface area contributed by atoms with Crippen LogP contribution in [-0.4, -0.2) is 36.8 Å². The van der Waals surface area contributed by atoms with Gasteiger partial charge in [-0.15, -0.1) is 0 Å². The number of amides is 1. The van der Waals surface area contributed by atoms with Crippen molar-refractivity contribution in [3.63, 3.8) is 0 Å². The first-order chi connectivity index (χ1) is 7.83. The molecule has 94 valence electrons. The molecule has 0 aromatic carbocycles. The Kier molecular flexibility index (Phi) is 7.17. The molecule has 0 spiro atoms. The van der Waals surface area contributed by atoms with Crippen LogP contribution >= 0.6 is 0 Å². The molecule has 0 radical (unpaired) electrons. The summed E-state index contributed by atoms with van der Waals surface area (Å²) in [5, 5.41) is 14.7. The quantitative estimate of drug-likeness (QED) is 0.565. The minimum absolute atomic E-state index is 0.107. The van der Waals surface area contributed by atoms with E-state index in [9.17, 15) is 4.79 Å². The number of unbranched alkanes of at least 4 members (excludes halogenated alkanes) is 1. The third-order valence-corrected chi connectivity index (χ3v) is 3.02. The number of rotatable bonds is 7. The highest BCUT2D eigenvalue weighted by atomic mass is 16.2. The molecule has 0 saturated heterocycles. The zero-order valence-corrected chi connectivity index (χ0v) is 10.0. The monoisotopic (exact) mass is 228 g/mol. The summed E-state index contributed by atoms with van der Waals surface area (Å²) in [7, 11) is 0. The van der Waals surface area contributed by atoms with Crippen molar-refractivity contribution in [2.75, 3.05) is 19.7 Å². The minimum atomic E-state index is 0.107. The van der Waals surface area contributed by atoms with Gasteiger partial charge in [0.1, 0.15) is 0 Å². The predicted octanol–water partition coefficient (Wildman–Crippen LogP) is 0.797. The normalized spacial score (nSPS) is 17.3. The average molecular weight is 228 g/mol. The smallest absolute Gasteiger partial charge is 0.234 e. The summed E-state index contributed by atoms with van der Waals surface area (Å²) in [6, 6.07) is 0.403. The van der Waals surface area contributed by atoms with Crippen molar-refractivity contribution in [2.24, 2.45) is 0 Å². The van der Waals surface area contributed by atoms with E-state index in [1.165, 1.54) is 19.3 Å². The van der Waals surface area contributed by atoms with Gasteiger partial charge in [0.05, 0.1) is 6.54 Å². The summed E-state index contributed by atoms with van der Waals surface area (Å²) in [4.78, 5) is 11.5. The number of hydrogen-bond acceptors (Lipinski definition) is 3. The molecule has 0 aromatic rings. The Hall–Kier alpha value is -0.610. The van der Waals surface area contributed by atoms with Crippen LogP contribution in [0.25, 0.3) is 0 Å². The van der Waals surface area contributed by atoms with Gasteiger partial charge in [-0.3, -0.25) is 4.79 Å². The van der Waals surface area contributed by atoms with E-state index < -0.39 is 0 Å². The van der Waals surface area contributed by atoms with Crippen LogP contribution in [0.1, 0.15) is 44.9 Å². The fourth-order valence-electron chi connectivity index (χ4n) is 2.09. The molecule has 4 nitrogen and oxygen atoms in total. The van der Waals surface area contributed by atoms with Crippen molar-refractivity contribution in [2.45, 2.75) is 51.0 Å². The molecule has 1 amide bonds. The second-order valence-corrected chi connectivity index (χ2v) is 4.51. The number of hydrogen-bond donors (Lipinski definition) is 3. The Morgan fingerprint density at radius 3 is 2.62 bits per heavy atom. The van der Waals surface area contributed by atoms with Crippen LogP contribution in [0.4, 0.5) is 0 Å². The average Bonchev–Trinajstić information content (AvgIpc) is 2.30. The molecule has 0 heterocycles. The third kappa shape index (κ3) is 6.08. The van der Waals surface area contributed by atoms with Crippen molar-refractivity contribution in [1.29, 1.82) is 0 Å². The van der Waals surface area contributed by atoms with E-state index in [4.69, 9.17) is 5.11 Å². The fourth-order valence-corrected chi connectivity index (χ4v) is 2.09. The SMILES string of the molecule is O=C(CNCCCCO)NC1CCCCC1. The topological polar surface area (TPSA) is 61.4 Å². The minimum Gasteiger partial charge on any atom is -0.396 e. The van der Waals surface area contributed by atoms with Gasteiger partial charge in [0.15, 0.2) is 0 Å². The Labute approximate surface area is 97.8 Å². The molecule has 1 fully saturated rings. The number of carbonyl (C=O) groups excluding carboxylic acids is 1. The Morgan fingerprint density at radius 1 is 1.19 bits per heavy atom. The molecule has 1 aliphatic carbocycles. The zero-order chi connectivity index (χ0) is 11.6. The van der Waals surface area contributed by atoms with Gasteiger partial charge >= 0.3 is 0 Å². The summed E-state index contributed by atoms with van der Waals surface area (Å²) in [6.45, 7) is 1.44. The molecular formula is C12H24N2O2. The number of carbonyl (C=O) groups is 1. The van der Waals surface area contributed by atoms with Crippen LogP contribution < -0.4 is 10.6 Å². The molecule has 1 saturated carbocycles. The highest BCUT2D eigenvalue weighted by Crippen LogP contribution is 2.16. The second-order valence-electron chi connectivity index (χ2n) is 4.51. The van der Waals surface area contributed by atoms with Crippen LogP contribution in [0.15, 0.2) is 0 Å². The lowest BCUT2D eigenvalue weighted by molar-refractivity contribution is -0.121. The predicted molar refractivity (Wildman–Crippen MR) is 64.2 cm³/mol. The van der Waals surface area contributed by atoms with E-state index >= 15 is 0 Å². The molecule has 16 heavy (non-hydrogen) atoms. The largest absolute Gasteiger partial charge is 0.396 e. The zero-order valence-electron chi connectivity index (χ0n) is 10.0. The van der Waals surface area contributed by atoms with E-state index in [0.717, 1.165) is 32.2 Å². The van der Waals surface area contributed by atoms with E-state index in [1.807, 2.05) is 0 Å².